The van der Waals surface area contributed by atoms with Crippen molar-refractivity contribution in [2.75, 3.05) is 18.9 Å². The fourth-order valence-corrected chi connectivity index (χ4v) is 1.88. The topological polar surface area (TPSA) is 49.4 Å². The number of benzene rings is 1. The molecule has 110 valence electrons. The Balaban J connectivity index is 2.54. The molecule has 0 bridgehead atoms. The van der Waals surface area contributed by atoms with Crippen molar-refractivity contribution in [2.24, 2.45) is 5.92 Å². The summed E-state index contributed by atoms with van der Waals surface area (Å²) in [6, 6.07) is 4.83. The fraction of sp³-hybridized carbons (Fsp3) is 0.429. The van der Waals surface area contributed by atoms with Crippen LogP contribution in [0.5, 0.6) is 0 Å². The lowest BCUT2D eigenvalue weighted by atomic mass is 10.1. The van der Waals surface area contributed by atoms with Gasteiger partial charge in [0.25, 0.3) is 0 Å². The second-order valence-electron chi connectivity index (χ2n) is 5.02. The molecule has 20 heavy (non-hydrogen) atoms. The molecule has 0 atom stereocenters. The van der Waals surface area contributed by atoms with Gasteiger partial charge >= 0.3 is 0 Å². The van der Waals surface area contributed by atoms with E-state index in [1.165, 1.54) is 4.90 Å². The largest absolute Gasteiger partial charge is 0.336 e. The Kier molecular flexibility index (Phi) is 6.30. The molecule has 1 aromatic rings. The molecule has 0 radical (unpaired) electrons. The Morgan fingerprint density at radius 2 is 1.90 bits per heavy atom. The van der Waals surface area contributed by atoms with Crippen LogP contribution in [0.2, 0.25) is 10.0 Å². The van der Waals surface area contributed by atoms with Gasteiger partial charge in [-0.05, 0) is 24.1 Å². The van der Waals surface area contributed by atoms with E-state index in [1.54, 1.807) is 25.2 Å². The monoisotopic (exact) mass is 316 g/mol. The summed E-state index contributed by atoms with van der Waals surface area (Å²) in [6.07, 6.45) is 0.427. The van der Waals surface area contributed by atoms with Gasteiger partial charge in [0.05, 0.1) is 16.6 Å². The van der Waals surface area contributed by atoms with Crippen LogP contribution in [-0.4, -0.2) is 30.3 Å². The molecule has 1 rings (SSSR count). The zero-order valence-electron chi connectivity index (χ0n) is 11.7. The average Bonchev–Trinajstić information content (AvgIpc) is 2.32. The summed E-state index contributed by atoms with van der Waals surface area (Å²) < 4.78 is 0. The molecule has 6 heteroatoms. The Morgan fingerprint density at radius 3 is 2.45 bits per heavy atom. The molecule has 0 saturated carbocycles. The van der Waals surface area contributed by atoms with Crippen LogP contribution in [0.15, 0.2) is 18.2 Å². The third kappa shape index (κ3) is 5.39. The molecule has 0 aliphatic heterocycles. The predicted molar refractivity (Wildman–Crippen MR) is 82.2 cm³/mol. The van der Waals surface area contributed by atoms with Crippen molar-refractivity contribution in [3.05, 3.63) is 28.2 Å². The number of carbonyl (C=O) groups excluding carboxylic acids is 2. The normalized spacial score (nSPS) is 10.5. The Morgan fingerprint density at radius 1 is 1.25 bits per heavy atom. The first kappa shape index (κ1) is 16.8. The second-order valence-corrected chi connectivity index (χ2v) is 5.84. The summed E-state index contributed by atoms with van der Waals surface area (Å²) in [5, 5.41) is 3.47. The number of halogens is 2. The van der Waals surface area contributed by atoms with E-state index < -0.39 is 0 Å². The number of amides is 2. The van der Waals surface area contributed by atoms with Gasteiger partial charge in [0, 0.05) is 19.2 Å². The number of likely N-dealkylation sites (N-methyl/N-ethyl adjacent to an activating group) is 1. The van der Waals surface area contributed by atoms with E-state index in [2.05, 4.69) is 5.32 Å². The second kappa shape index (κ2) is 7.50. The van der Waals surface area contributed by atoms with Gasteiger partial charge in [0.2, 0.25) is 11.8 Å². The standard InChI is InChI=1S/C14H18Cl2N2O2/c1-9(2)6-14(20)18(3)8-13(19)17-10-4-5-11(15)12(16)7-10/h4-5,7,9H,6,8H2,1-3H3,(H,17,19). The lowest BCUT2D eigenvalue weighted by Crippen LogP contribution is -2.35. The van der Waals surface area contributed by atoms with Crippen LogP contribution >= 0.6 is 23.2 Å². The molecule has 0 fully saturated rings. The minimum atomic E-state index is -0.275. The SMILES string of the molecule is CC(C)CC(=O)N(C)CC(=O)Nc1ccc(Cl)c(Cl)c1. The summed E-state index contributed by atoms with van der Waals surface area (Å²) in [5.74, 6) is -0.0598. The maximum atomic E-state index is 11.8. The van der Waals surface area contributed by atoms with Crippen molar-refractivity contribution >= 4 is 40.7 Å². The van der Waals surface area contributed by atoms with Crippen LogP contribution in [-0.2, 0) is 9.59 Å². The molecule has 4 nitrogen and oxygen atoms in total. The summed E-state index contributed by atoms with van der Waals surface area (Å²) in [4.78, 5) is 25.0. The number of nitrogens with zero attached hydrogens (tertiary/aromatic N) is 1. The lowest BCUT2D eigenvalue weighted by Gasteiger charge is -2.18. The van der Waals surface area contributed by atoms with E-state index in [4.69, 9.17) is 23.2 Å². The molecule has 0 saturated heterocycles. The van der Waals surface area contributed by atoms with Gasteiger partial charge < -0.3 is 10.2 Å². The van der Waals surface area contributed by atoms with Gasteiger partial charge in [0.1, 0.15) is 0 Å². The van der Waals surface area contributed by atoms with Gasteiger partial charge in [0.15, 0.2) is 0 Å². The van der Waals surface area contributed by atoms with E-state index in [1.807, 2.05) is 13.8 Å². The third-order valence-corrected chi connectivity index (χ3v) is 3.33. The summed E-state index contributed by atoms with van der Waals surface area (Å²) in [5.41, 5.74) is 0.550. The van der Waals surface area contributed by atoms with Crippen LogP contribution in [0.3, 0.4) is 0 Å². The van der Waals surface area contributed by atoms with Gasteiger partial charge in [-0.25, -0.2) is 0 Å². The molecule has 0 aromatic heterocycles. The van der Waals surface area contributed by atoms with Gasteiger partial charge in [-0.2, -0.15) is 0 Å². The van der Waals surface area contributed by atoms with E-state index in [0.29, 0.717) is 22.2 Å². The van der Waals surface area contributed by atoms with Crippen molar-refractivity contribution < 1.29 is 9.59 Å². The number of anilines is 1. The van der Waals surface area contributed by atoms with E-state index in [9.17, 15) is 9.59 Å². The number of carbonyl (C=O) groups is 2. The smallest absolute Gasteiger partial charge is 0.243 e. The zero-order valence-corrected chi connectivity index (χ0v) is 13.3. The highest BCUT2D eigenvalue weighted by Gasteiger charge is 2.14. The maximum absolute atomic E-state index is 11.8. The van der Waals surface area contributed by atoms with Gasteiger partial charge in [-0.15, -0.1) is 0 Å². The molecule has 0 aliphatic carbocycles. The van der Waals surface area contributed by atoms with Crippen molar-refractivity contribution in [2.45, 2.75) is 20.3 Å². The Bertz CT molecular complexity index is 504. The van der Waals surface area contributed by atoms with E-state index in [-0.39, 0.29) is 24.3 Å². The van der Waals surface area contributed by atoms with Gasteiger partial charge in [-0.1, -0.05) is 37.0 Å². The van der Waals surface area contributed by atoms with E-state index in [0.717, 1.165) is 0 Å². The van der Waals surface area contributed by atoms with E-state index >= 15 is 0 Å². The Hall–Kier alpha value is -1.26. The first-order valence-corrected chi connectivity index (χ1v) is 7.04. The van der Waals surface area contributed by atoms with Crippen molar-refractivity contribution in [1.29, 1.82) is 0 Å². The number of hydrogen-bond donors (Lipinski definition) is 1. The molecule has 0 spiro atoms. The molecule has 1 N–H and O–H groups in total. The predicted octanol–water partition coefficient (Wildman–Crippen LogP) is 3.44. The van der Waals surface area contributed by atoms with Crippen molar-refractivity contribution in [3.8, 4) is 0 Å². The summed E-state index contributed by atoms with van der Waals surface area (Å²) in [7, 11) is 1.61. The van der Waals surface area contributed by atoms with Crippen molar-refractivity contribution in [1.82, 2.24) is 4.90 Å². The Labute approximate surface area is 129 Å². The minimum absolute atomic E-state index is 0.00575. The highest BCUT2D eigenvalue weighted by molar-refractivity contribution is 6.42. The highest BCUT2D eigenvalue weighted by atomic mass is 35.5. The molecule has 1 aromatic carbocycles. The lowest BCUT2D eigenvalue weighted by molar-refractivity contribution is -0.133. The first-order valence-electron chi connectivity index (χ1n) is 6.28. The molecular formula is C14H18Cl2N2O2. The molecule has 2 amide bonds. The van der Waals surface area contributed by atoms with Gasteiger partial charge in [-0.3, -0.25) is 9.59 Å². The summed E-state index contributed by atoms with van der Waals surface area (Å²) >= 11 is 11.7. The fourth-order valence-electron chi connectivity index (χ4n) is 1.58. The number of rotatable bonds is 5. The van der Waals surface area contributed by atoms with Crippen LogP contribution in [0.4, 0.5) is 5.69 Å². The maximum Gasteiger partial charge on any atom is 0.243 e. The first-order chi connectivity index (χ1) is 9.29. The molecular weight excluding hydrogens is 299 g/mol. The average molecular weight is 317 g/mol. The minimum Gasteiger partial charge on any atom is -0.336 e. The quantitative estimate of drug-likeness (QED) is 0.904. The van der Waals surface area contributed by atoms with Crippen LogP contribution in [0.1, 0.15) is 20.3 Å². The molecule has 0 unspecified atom stereocenters. The number of nitrogens with one attached hydrogen (secondary N) is 1. The van der Waals surface area contributed by atoms with Crippen molar-refractivity contribution in [3.63, 3.8) is 0 Å². The third-order valence-electron chi connectivity index (χ3n) is 2.59. The van der Waals surface area contributed by atoms with Crippen LogP contribution in [0.25, 0.3) is 0 Å². The molecule has 0 aliphatic rings. The number of hydrogen-bond acceptors (Lipinski definition) is 2. The zero-order chi connectivity index (χ0) is 15.3. The van der Waals surface area contributed by atoms with Crippen LogP contribution in [0, 0.1) is 5.92 Å². The van der Waals surface area contributed by atoms with Crippen LogP contribution < -0.4 is 5.32 Å². The highest BCUT2D eigenvalue weighted by Crippen LogP contribution is 2.24. The summed E-state index contributed by atoms with van der Waals surface area (Å²) in [6.45, 7) is 3.93. The molecule has 0 heterocycles.